The van der Waals surface area contributed by atoms with E-state index in [1.54, 1.807) is 7.11 Å². The number of aromatic nitrogens is 1. The number of aromatic amines is 1. The molecule has 1 fully saturated rings. The second kappa shape index (κ2) is 5.47. The van der Waals surface area contributed by atoms with Crippen LogP contribution in [0.25, 0.3) is 0 Å². The van der Waals surface area contributed by atoms with E-state index >= 15 is 0 Å². The molecule has 2 amide bonds. The highest BCUT2D eigenvalue weighted by Gasteiger charge is 2.51. The maximum absolute atomic E-state index is 12.3. The number of thioether (sulfide) groups is 1. The number of H-pyrrole nitrogens is 1. The first-order chi connectivity index (χ1) is 11.1. The van der Waals surface area contributed by atoms with E-state index < -0.39 is 11.2 Å². The van der Waals surface area contributed by atoms with Gasteiger partial charge in [-0.05, 0) is 29.9 Å². The van der Waals surface area contributed by atoms with Crippen LogP contribution in [0.2, 0.25) is 0 Å². The lowest BCUT2D eigenvalue weighted by atomic mass is 9.83. The Hall–Kier alpha value is -1.64. The third-order valence-electron chi connectivity index (χ3n) is 4.14. The van der Waals surface area contributed by atoms with Gasteiger partial charge in [-0.2, -0.15) is 0 Å². The smallest absolute Gasteiger partial charge is 0.240 e. The topological polar surface area (TPSA) is 71.2 Å². The average Bonchev–Trinajstić information content (AvgIpc) is 3.05. The van der Waals surface area contributed by atoms with Gasteiger partial charge in [-0.15, -0.1) is 11.3 Å². The van der Waals surface area contributed by atoms with Crippen LogP contribution in [0.3, 0.4) is 0 Å². The lowest BCUT2D eigenvalue weighted by Gasteiger charge is -2.29. The summed E-state index contributed by atoms with van der Waals surface area (Å²) in [5.74, 6) is -0.260. The minimum Gasteiger partial charge on any atom is -0.497 e. The van der Waals surface area contributed by atoms with Crippen molar-refractivity contribution in [3.8, 4) is 5.75 Å². The molecule has 2 aromatic rings. The Bertz CT molecular complexity index is 856. The molecule has 5 nitrogen and oxygen atoms in total. The molecule has 23 heavy (non-hydrogen) atoms. The molecule has 3 atom stereocenters. The molecule has 0 aliphatic carbocycles. The normalized spacial score (nSPS) is 25.7. The highest BCUT2D eigenvalue weighted by molar-refractivity contribution is 8.00. The first-order valence-electron chi connectivity index (χ1n) is 6.97. The number of methoxy groups -OCH3 is 1. The molecule has 2 aliphatic rings. The zero-order valence-electron chi connectivity index (χ0n) is 12.0. The highest BCUT2D eigenvalue weighted by Crippen LogP contribution is 2.51. The summed E-state index contributed by atoms with van der Waals surface area (Å²) in [6.45, 7) is 0. The Kier molecular flexibility index (Phi) is 3.55. The summed E-state index contributed by atoms with van der Waals surface area (Å²) in [5, 5.41) is 2.94. The van der Waals surface area contributed by atoms with Crippen molar-refractivity contribution >= 4 is 47.1 Å². The molecule has 0 saturated carbocycles. The summed E-state index contributed by atoms with van der Waals surface area (Å²) >= 11 is 8.13. The Balaban J connectivity index is 1.87. The number of thiazole rings is 1. The summed E-state index contributed by atoms with van der Waals surface area (Å²) in [6, 6.07) is 7.62. The van der Waals surface area contributed by atoms with Gasteiger partial charge in [0.2, 0.25) is 11.8 Å². The fourth-order valence-electron chi connectivity index (χ4n) is 3.11. The van der Waals surface area contributed by atoms with Crippen molar-refractivity contribution in [2.24, 2.45) is 5.92 Å². The fraction of sp³-hybridized carbons (Fsp3) is 0.267. The Labute approximate surface area is 145 Å². The summed E-state index contributed by atoms with van der Waals surface area (Å²) < 4.78 is 5.86. The molecular weight excluding hydrogens is 352 g/mol. The molecule has 2 aliphatic heterocycles. The van der Waals surface area contributed by atoms with Gasteiger partial charge in [0, 0.05) is 10.8 Å². The van der Waals surface area contributed by atoms with E-state index in [9.17, 15) is 9.59 Å². The Morgan fingerprint density at radius 1 is 1.17 bits per heavy atom. The number of hydrogen-bond acceptors (Lipinski definition) is 6. The van der Waals surface area contributed by atoms with Crippen LogP contribution >= 0.6 is 35.3 Å². The van der Waals surface area contributed by atoms with Crippen LogP contribution in [-0.2, 0) is 9.59 Å². The minimum absolute atomic E-state index is 0.174. The molecule has 118 valence electrons. The number of carbonyl (C=O) groups is 2. The molecule has 3 unspecified atom stereocenters. The van der Waals surface area contributed by atoms with Crippen LogP contribution in [0.5, 0.6) is 5.75 Å². The third-order valence-corrected chi connectivity index (χ3v) is 6.90. The molecule has 2 N–H and O–H groups in total. The van der Waals surface area contributed by atoms with Crippen LogP contribution in [0.1, 0.15) is 16.4 Å². The predicted molar refractivity (Wildman–Crippen MR) is 90.6 cm³/mol. The van der Waals surface area contributed by atoms with Crippen LogP contribution in [0, 0.1) is 9.87 Å². The van der Waals surface area contributed by atoms with Gasteiger partial charge in [-0.25, -0.2) is 0 Å². The van der Waals surface area contributed by atoms with E-state index in [2.05, 4.69) is 10.3 Å². The second-order valence-corrected chi connectivity index (χ2v) is 8.25. The van der Waals surface area contributed by atoms with Crippen LogP contribution < -0.4 is 10.1 Å². The quantitative estimate of drug-likeness (QED) is 0.633. The largest absolute Gasteiger partial charge is 0.497 e. The number of ether oxygens (including phenoxy) is 1. The van der Waals surface area contributed by atoms with E-state index in [-0.39, 0.29) is 17.7 Å². The van der Waals surface area contributed by atoms with Gasteiger partial charge in [0.1, 0.15) is 11.0 Å². The Morgan fingerprint density at radius 3 is 2.61 bits per heavy atom. The van der Waals surface area contributed by atoms with Gasteiger partial charge in [0.15, 0.2) is 3.95 Å². The molecule has 3 heterocycles. The lowest BCUT2D eigenvalue weighted by molar-refractivity contribution is -0.125. The van der Waals surface area contributed by atoms with Crippen molar-refractivity contribution in [3.05, 3.63) is 38.7 Å². The van der Waals surface area contributed by atoms with Crippen molar-refractivity contribution < 1.29 is 14.3 Å². The number of fused-ring (bicyclic) bond motifs is 2. The fourth-order valence-corrected chi connectivity index (χ4v) is 6.04. The summed E-state index contributed by atoms with van der Waals surface area (Å²) in [4.78, 5) is 28.6. The zero-order chi connectivity index (χ0) is 16.1. The average molecular weight is 364 g/mol. The third kappa shape index (κ3) is 2.32. The maximum Gasteiger partial charge on any atom is 0.240 e. The van der Waals surface area contributed by atoms with Crippen molar-refractivity contribution in [1.82, 2.24) is 10.3 Å². The van der Waals surface area contributed by atoms with Gasteiger partial charge in [0.05, 0.1) is 18.1 Å². The Morgan fingerprint density at radius 2 is 1.91 bits per heavy atom. The van der Waals surface area contributed by atoms with Gasteiger partial charge in [-0.1, -0.05) is 23.9 Å². The van der Waals surface area contributed by atoms with E-state index in [0.717, 1.165) is 21.2 Å². The molecule has 1 aromatic carbocycles. The first kappa shape index (κ1) is 14.9. The SMILES string of the molecule is COc1ccc(C2c3sc(=S)[nH]c3SC3C(=O)NC(=O)C32)cc1. The molecule has 0 spiro atoms. The van der Waals surface area contributed by atoms with Crippen molar-refractivity contribution in [2.75, 3.05) is 7.11 Å². The molecular formula is C15H12N2O3S3. The molecule has 8 heteroatoms. The van der Waals surface area contributed by atoms with E-state index in [1.165, 1.54) is 23.1 Å². The molecule has 0 bridgehead atoms. The van der Waals surface area contributed by atoms with Gasteiger partial charge in [0.25, 0.3) is 0 Å². The number of rotatable bonds is 2. The zero-order valence-corrected chi connectivity index (χ0v) is 14.4. The summed E-state index contributed by atoms with van der Waals surface area (Å²) in [6.07, 6.45) is 0. The minimum atomic E-state index is -0.414. The van der Waals surface area contributed by atoms with Gasteiger partial charge >= 0.3 is 0 Å². The van der Waals surface area contributed by atoms with E-state index in [4.69, 9.17) is 17.0 Å². The van der Waals surface area contributed by atoms with Crippen LogP contribution in [0.15, 0.2) is 29.3 Å². The van der Waals surface area contributed by atoms with E-state index in [0.29, 0.717) is 3.95 Å². The number of imide groups is 1. The molecule has 1 saturated heterocycles. The van der Waals surface area contributed by atoms with Gasteiger partial charge < -0.3 is 9.72 Å². The van der Waals surface area contributed by atoms with Crippen molar-refractivity contribution in [3.63, 3.8) is 0 Å². The van der Waals surface area contributed by atoms with Gasteiger partial charge in [-0.3, -0.25) is 14.9 Å². The maximum atomic E-state index is 12.3. The van der Waals surface area contributed by atoms with Crippen molar-refractivity contribution in [1.29, 1.82) is 0 Å². The number of benzene rings is 1. The summed E-state index contributed by atoms with van der Waals surface area (Å²) in [7, 11) is 1.61. The number of nitrogens with one attached hydrogen (secondary N) is 2. The number of hydrogen-bond donors (Lipinski definition) is 2. The van der Waals surface area contributed by atoms with Crippen molar-refractivity contribution in [2.45, 2.75) is 16.2 Å². The summed E-state index contributed by atoms with van der Waals surface area (Å²) in [5.41, 5.74) is 0.984. The molecule has 0 radical (unpaired) electrons. The standard InChI is InChI=1S/C15H12N2O3S3/c1-20-7-4-2-6(3-5-7)8-9-10(13(19)16-12(9)18)22-14-11(8)23-15(21)17-14/h2-5,8-10H,1H3,(H,17,21)(H,16,18,19). The first-order valence-corrected chi connectivity index (χ1v) is 9.07. The van der Waals surface area contributed by atoms with Crippen LogP contribution in [0.4, 0.5) is 0 Å². The van der Waals surface area contributed by atoms with Crippen LogP contribution in [-0.4, -0.2) is 29.2 Å². The molecule has 4 rings (SSSR count). The number of carbonyl (C=O) groups excluding carboxylic acids is 2. The monoisotopic (exact) mass is 364 g/mol. The van der Waals surface area contributed by atoms with E-state index in [1.807, 2.05) is 24.3 Å². The second-order valence-electron chi connectivity index (χ2n) is 5.38. The number of amides is 2. The lowest BCUT2D eigenvalue weighted by Crippen LogP contribution is -2.31. The highest BCUT2D eigenvalue weighted by atomic mass is 32.2. The predicted octanol–water partition coefficient (Wildman–Crippen LogP) is 2.69. The molecule has 1 aromatic heterocycles.